The minimum Gasteiger partial charge on any atom is -0.329 e. The molecule has 0 aromatic heterocycles. The van der Waals surface area contributed by atoms with E-state index in [2.05, 4.69) is 10.6 Å². The number of nitrogens with one attached hydrogen (secondary N) is 2. The van der Waals surface area contributed by atoms with E-state index >= 15 is 0 Å². The maximum Gasteiger partial charge on any atom is 0.00772 e. The Labute approximate surface area is 233 Å². The second kappa shape index (κ2) is 42.8. The van der Waals surface area contributed by atoms with E-state index in [1.807, 2.05) is 0 Å². The second-order valence-electron chi connectivity index (χ2n) is 2.08. The molecule has 68 valence electrons. The molecule has 0 unspecified atom stereocenters. The van der Waals surface area contributed by atoms with Gasteiger partial charge in [0.05, 0.1) is 0 Å². The quantitative estimate of drug-likeness (QED) is 0.282. The summed E-state index contributed by atoms with van der Waals surface area (Å²) >= 11 is 0. The Bertz CT molecular complexity index is 65.0. The van der Waals surface area contributed by atoms with E-state index in [-0.39, 0.29) is 177 Å². The van der Waals surface area contributed by atoms with Gasteiger partial charge in [-0.1, -0.05) is 0 Å². The van der Waals surface area contributed by atoms with Crippen molar-refractivity contribution in [1.82, 2.24) is 10.6 Å². The summed E-state index contributed by atoms with van der Waals surface area (Å²) in [4.78, 5) is 0. The van der Waals surface area contributed by atoms with Gasteiger partial charge in [-0.25, -0.2) is 0 Å². The molecule has 0 spiro atoms. The molecule has 6 N–H and O–H groups in total. The molecule has 0 aliphatic rings. The van der Waals surface area contributed by atoms with Crippen LogP contribution in [0, 0.1) is 0 Å². The van der Waals surface area contributed by atoms with Crippen molar-refractivity contribution in [1.29, 1.82) is 0 Å². The Kier molecular flexibility index (Phi) is 115. The zero-order valence-corrected chi connectivity index (χ0v) is 24.4. The molecule has 0 aromatic carbocycles. The number of hydrogen-bond acceptors (Lipinski definition) is 4. The first kappa shape index (κ1) is 43.1. The van der Waals surface area contributed by atoms with Gasteiger partial charge in [-0.15, -0.1) is 0 Å². The molecule has 0 aromatic rings. The smallest absolute Gasteiger partial charge is 0.00772 e. The fourth-order valence-electron chi connectivity index (χ4n) is 0.631. The van der Waals surface area contributed by atoms with Crippen LogP contribution in [0.1, 0.15) is 0 Å². The van der Waals surface area contributed by atoms with Crippen LogP contribution in [-0.4, -0.2) is 217 Å². The predicted octanol–water partition coefficient (Wildman–Crippen LogP) is -4.20. The molecule has 10 heteroatoms. The SMILES string of the molecule is NCCNCCNCCN.[Na].[Na].[Na].[Na].[Na].[Na]. The molecule has 0 fully saturated rings. The number of rotatable bonds is 7. The minimum atomic E-state index is 0. The van der Waals surface area contributed by atoms with Crippen LogP contribution in [0.25, 0.3) is 0 Å². The standard InChI is InChI=1S/C6H18N4.6Na/c7-1-3-9-5-6-10-4-2-8;;;;;;/h9-10H,1-8H2;;;;;;. The van der Waals surface area contributed by atoms with Gasteiger partial charge in [0, 0.05) is 217 Å². The summed E-state index contributed by atoms with van der Waals surface area (Å²) in [5.74, 6) is 0. The van der Waals surface area contributed by atoms with E-state index in [1.165, 1.54) is 0 Å². The van der Waals surface area contributed by atoms with Crippen LogP contribution >= 0.6 is 0 Å². The number of hydrogen-bond donors (Lipinski definition) is 4. The van der Waals surface area contributed by atoms with Gasteiger partial charge < -0.3 is 22.1 Å². The van der Waals surface area contributed by atoms with Crippen LogP contribution in [0.15, 0.2) is 0 Å². The van der Waals surface area contributed by atoms with Gasteiger partial charge in [0.1, 0.15) is 0 Å². The Morgan fingerprint density at radius 3 is 0.938 bits per heavy atom. The first-order chi connectivity index (χ1) is 4.91. The molecule has 0 aliphatic heterocycles. The normalized spacial score (nSPS) is 6.38. The van der Waals surface area contributed by atoms with Crippen LogP contribution in [0.3, 0.4) is 0 Å². The molecule has 0 amide bonds. The third-order valence-electron chi connectivity index (χ3n) is 1.12. The Morgan fingerprint density at radius 1 is 0.500 bits per heavy atom. The van der Waals surface area contributed by atoms with E-state index in [0.717, 1.165) is 26.2 Å². The van der Waals surface area contributed by atoms with Crippen molar-refractivity contribution in [3.05, 3.63) is 0 Å². The summed E-state index contributed by atoms with van der Waals surface area (Å²) in [6, 6.07) is 0. The van der Waals surface area contributed by atoms with Crippen molar-refractivity contribution < 1.29 is 0 Å². The molecule has 0 atom stereocenters. The van der Waals surface area contributed by atoms with Gasteiger partial charge in [-0.2, -0.15) is 0 Å². The second-order valence-corrected chi connectivity index (χ2v) is 2.08. The van der Waals surface area contributed by atoms with E-state index in [4.69, 9.17) is 11.5 Å². The molecule has 0 rings (SSSR count). The third kappa shape index (κ3) is 42.7. The van der Waals surface area contributed by atoms with E-state index in [0.29, 0.717) is 13.1 Å². The van der Waals surface area contributed by atoms with Crippen molar-refractivity contribution >= 4 is 177 Å². The van der Waals surface area contributed by atoms with Crippen LogP contribution < -0.4 is 22.1 Å². The largest absolute Gasteiger partial charge is 0.329 e. The van der Waals surface area contributed by atoms with E-state index < -0.39 is 0 Å². The van der Waals surface area contributed by atoms with Crippen molar-refractivity contribution in [3.63, 3.8) is 0 Å². The van der Waals surface area contributed by atoms with Crippen molar-refractivity contribution in [2.45, 2.75) is 0 Å². The first-order valence-electron chi connectivity index (χ1n) is 3.73. The van der Waals surface area contributed by atoms with Crippen molar-refractivity contribution in [2.24, 2.45) is 11.5 Å². The van der Waals surface area contributed by atoms with Crippen molar-refractivity contribution in [3.8, 4) is 0 Å². The monoisotopic (exact) mass is 284 g/mol. The maximum atomic E-state index is 5.27. The van der Waals surface area contributed by atoms with Gasteiger partial charge in [-0.3, -0.25) is 0 Å². The van der Waals surface area contributed by atoms with E-state index in [9.17, 15) is 0 Å². The molecule has 0 heterocycles. The molecule has 0 saturated heterocycles. The summed E-state index contributed by atoms with van der Waals surface area (Å²) < 4.78 is 0. The zero-order valence-electron chi connectivity index (χ0n) is 12.4. The molecular weight excluding hydrogens is 266 g/mol. The minimum absolute atomic E-state index is 0. The molecule has 0 aliphatic carbocycles. The predicted molar refractivity (Wildman–Crippen MR) is 78.4 cm³/mol. The summed E-state index contributed by atoms with van der Waals surface area (Å²) in [7, 11) is 0. The van der Waals surface area contributed by atoms with Crippen LogP contribution in [0.2, 0.25) is 0 Å². The van der Waals surface area contributed by atoms with Crippen LogP contribution in [0.5, 0.6) is 0 Å². The summed E-state index contributed by atoms with van der Waals surface area (Å²) in [6.45, 7) is 5.14. The van der Waals surface area contributed by atoms with Crippen molar-refractivity contribution in [2.75, 3.05) is 39.3 Å². The third-order valence-corrected chi connectivity index (χ3v) is 1.12. The van der Waals surface area contributed by atoms with Gasteiger partial charge in [0.15, 0.2) is 0 Å². The Hall–Kier alpha value is 5.84. The van der Waals surface area contributed by atoms with Crippen LogP contribution in [-0.2, 0) is 0 Å². The van der Waals surface area contributed by atoms with Gasteiger partial charge in [-0.05, 0) is 0 Å². The average Bonchev–Trinajstić information content (AvgIpc) is 1.97. The topological polar surface area (TPSA) is 76.1 Å². The molecule has 0 bridgehead atoms. The van der Waals surface area contributed by atoms with E-state index in [1.54, 1.807) is 0 Å². The summed E-state index contributed by atoms with van der Waals surface area (Å²) in [5.41, 5.74) is 10.5. The Morgan fingerprint density at radius 2 is 0.750 bits per heavy atom. The molecular formula is C6H18N4Na6. The fraction of sp³-hybridized carbons (Fsp3) is 1.00. The number of nitrogens with two attached hydrogens (primary N) is 2. The van der Waals surface area contributed by atoms with Gasteiger partial charge in [0.2, 0.25) is 0 Å². The first-order valence-corrected chi connectivity index (χ1v) is 3.73. The Balaban J connectivity index is -0.0000000270. The molecule has 0 saturated carbocycles. The van der Waals surface area contributed by atoms with Gasteiger partial charge in [0.25, 0.3) is 0 Å². The zero-order chi connectivity index (χ0) is 7.66. The van der Waals surface area contributed by atoms with Crippen LogP contribution in [0.4, 0.5) is 0 Å². The molecule has 16 heavy (non-hydrogen) atoms. The maximum absolute atomic E-state index is 5.27. The summed E-state index contributed by atoms with van der Waals surface area (Å²) in [6.07, 6.45) is 0. The molecule has 6 radical (unpaired) electrons. The average molecular weight is 284 g/mol. The fourth-order valence-corrected chi connectivity index (χ4v) is 0.631. The summed E-state index contributed by atoms with van der Waals surface area (Å²) in [5, 5.41) is 6.33. The molecule has 4 nitrogen and oxygen atoms in total. The van der Waals surface area contributed by atoms with Gasteiger partial charge >= 0.3 is 0 Å².